The van der Waals surface area contributed by atoms with Gasteiger partial charge in [0.05, 0.1) is 6.67 Å². The molecule has 0 aliphatic carbocycles. The number of rotatable bonds is 3. The lowest BCUT2D eigenvalue weighted by Gasteiger charge is -2.25. The third kappa shape index (κ3) is 2.90. The van der Waals surface area contributed by atoms with Crippen molar-refractivity contribution in [1.82, 2.24) is 19.7 Å². The second-order valence-electron chi connectivity index (χ2n) is 4.73. The van der Waals surface area contributed by atoms with E-state index in [0.717, 1.165) is 18.7 Å². The Bertz CT molecular complexity index is 586. The van der Waals surface area contributed by atoms with Gasteiger partial charge in [-0.25, -0.2) is 4.68 Å². The number of likely N-dealkylation sites (tertiary alicyclic amines) is 1. The molecular formula is C13H16N4OS. The molecule has 6 heteroatoms. The zero-order valence-electron chi connectivity index (χ0n) is 10.7. The van der Waals surface area contributed by atoms with Gasteiger partial charge in [0.1, 0.15) is 0 Å². The number of aromatic nitrogens is 3. The lowest BCUT2D eigenvalue weighted by molar-refractivity contribution is 0.170. The molecule has 5 nitrogen and oxygen atoms in total. The van der Waals surface area contributed by atoms with Crippen LogP contribution in [0.2, 0.25) is 0 Å². The van der Waals surface area contributed by atoms with E-state index in [1.807, 2.05) is 12.1 Å². The van der Waals surface area contributed by atoms with Gasteiger partial charge in [-0.3, -0.25) is 9.88 Å². The van der Waals surface area contributed by atoms with Crippen LogP contribution in [0.4, 0.5) is 0 Å². The zero-order chi connectivity index (χ0) is 13.1. The van der Waals surface area contributed by atoms with Gasteiger partial charge in [0.2, 0.25) is 5.89 Å². The Morgan fingerprint density at radius 2 is 1.89 bits per heavy atom. The summed E-state index contributed by atoms with van der Waals surface area (Å²) in [5, 5.41) is 4.45. The highest BCUT2D eigenvalue weighted by molar-refractivity contribution is 7.71. The van der Waals surface area contributed by atoms with Crippen LogP contribution in [0.25, 0.3) is 11.5 Å². The standard InChI is InChI=1S/C13H16N4OS/c19-13-17(10-16-8-2-1-3-9-16)15-12(18-13)11-4-6-14-7-5-11/h4-7H,1-3,8-10H2. The molecule has 0 aromatic carbocycles. The molecule has 3 heterocycles. The van der Waals surface area contributed by atoms with Crippen molar-refractivity contribution in [2.24, 2.45) is 0 Å². The Labute approximate surface area is 116 Å². The van der Waals surface area contributed by atoms with Crippen LogP contribution < -0.4 is 0 Å². The zero-order valence-corrected chi connectivity index (χ0v) is 11.5. The molecule has 0 saturated carbocycles. The Balaban J connectivity index is 1.79. The molecule has 0 bridgehead atoms. The van der Waals surface area contributed by atoms with Crippen LogP contribution in [0.5, 0.6) is 0 Å². The number of piperidine rings is 1. The summed E-state index contributed by atoms with van der Waals surface area (Å²) in [7, 11) is 0. The molecule has 2 aromatic rings. The predicted octanol–water partition coefficient (Wildman–Crippen LogP) is 2.71. The monoisotopic (exact) mass is 276 g/mol. The van der Waals surface area contributed by atoms with Gasteiger partial charge in [0.25, 0.3) is 4.84 Å². The van der Waals surface area contributed by atoms with Crippen LogP contribution in [0.3, 0.4) is 0 Å². The van der Waals surface area contributed by atoms with Gasteiger partial charge in [0, 0.05) is 18.0 Å². The van der Waals surface area contributed by atoms with Crippen molar-refractivity contribution in [3.05, 3.63) is 29.4 Å². The summed E-state index contributed by atoms with van der Waals surface area (Å²) in [6.45, 7) is 2.94. The molecule has 1 saturated heterocycles. The molecule has 1 aliphatic rings. The number of hydrogen-bond acceptors (Lipinski definition) is 5. The van der Waals surface area contributed by atoms with Crippen LogP contribution in [0.1, 0.15) is 19.3 Å². The summed E-state index contributed by atoms with van der Waals surface area (Å²) in [5.74, 6) is 0.560. The van der Waals surface area contributed by atoms with Crippen LogP contribution in [-0.2, 0) is 6.67 Å². The maximum absolute atomic E-state index is 5.55. The van der Waals surface area contributed by atoms with Gasteiger partial charge in [-0.15, -0.1) is 5.10 Å². The fraction of sp³-hybridized carbons (Fsp3) is 0.462. The van der Waals surface area contributed by atoms with E-state index < -0.39 is 0 Å². The van der Waals surface area contributed by atoms with Crippen LogP contribution in [0.15, 0.2) is 28.9 Å². The summed E-state index contributed by atoms with van der Waals surface area (Å²) in [6.07, 6.45) is 7.27. The molecule has 0 radical (unpaired) electrons. The predicted molar refractivity (Wildman–Crippen MR) is 74.0 cm³/mol. The van der Waals surface area contributed by atoms with Gasteiger partial charge in [0.15, 0.2) is 0 Å². The molecule has 1 aliphatic heterocycles. The molecule has 0 unspecified atom stereocenters. The van der Waals surface area contributed by atoms with Gasteiger partial charge >= 0.3 is 0 Å². The molecule has 0 spiro atoms. The third-order valence-corrected chi connectivity index (χ3v) is 3.61. The quantitative estimate of drug-likeness (QED) is 0.807. The van der Waals surface area contributed by atoms with Crippen LogP contribution in [0, 0.1) is 4.84 Å². The number of pyridine rings is 1. The minimum absolute atomic E-state index is 0.428. The average Bonchev–Trinajstić information content (AvgIpc) is 2.82. The van der Waals surface area contributed by atoms with Crippen molar-refractivity contribution in [3.63, 3.8) is 0 Å². The highest BCUT2D eigenvalue weighted by Gasteiger charge is 2.13. The SMILES string of the molecule is S=c1oc(-c2ccncc2)nn1CN1CCCCC1. The first-order valence-corrected chi connectivity index (χ1v) is 6.94. The fourth-order valence-corrected chi connectivity index (χ4v) is 2.47. The van der Waals surface area contributed by atoms with Crippen molar-refractivity contribution in [3.8, 4) is 11.5 Å². The summed E-state index contributed by atoms with van der Waals surface area (Å²) in [6, 6.07) is 3.73. The largest absolute Gasteiger partial charge is 0.409 e. The van der Waals surface area contributed by atoms with Crippen molar-refractivity contribution in [2.45, 2.75) is 25.9 Å². The average molecular weight is 276 g/mol. The summed E-state index contributed by atoms with van der Waals surface area (Å²) in [5.41, 5.74) is 0.901. The summed E-state index contributed by atoms with van der Waals surface area (Å²) in [4.78, 5) is 6.77. The molecule has 100 valence electrons. The molecule has 1 fully saturated rings. The van der Waals surface area contributed by atoms with E-state index in [1.54, 1.807) is 17.1 Å². The lowest BCUT2D eigenvalue weighted by Crippen LogP contribution is -2.32. The van der Waals surface area contributed by atoms with Gasteiger partial charge in [-0.05, 0) is 50.3 Å². The van der Waals surface area contributed by atoms with Crippen molar-refractivity contribution < 1.29 is 4.42 Å². The molecule has 0 amide bonds. The Kier molecular flexibility index (Phi) is 3.70. The van der Waals surface area contributed by atoms with Crippen molar-refractivity contribution in [1.29, 1.82) is 0 Å². The molecule has 0 N–H and O–H groups in total. The van der Waals surface area contributed by atoms with Gasteiger partial charge in [-0.2, -0.15) is 0 Å². The number of nitrogens with zero attached hydrogens (tertiary/aromatic N) is 4. The van der Waals surface area contributed by atoms with Gasteiger partial charge < -0.3 is 4.42 Å². The topological polar surface area (TPSA) is 47.1 Å². The second-order valence-corrected chi connectivity index (χ2v) is 5.08. The lowest BCUT2D eigenvalue weighted by atomic mass is 10.1. The van der Waals surface area contributed by atoms with Crippen LogP contribution in [-0.4, -0.2) is 32.8 Å². The third-order valence-electron chi connectivity index (χ3n) is 3.32. The van der Waals surface area contributed by atoms with E-state index >= 15 is 0 Å². The number of hydrogen-bond donors (Lipinski definition) is 0. The molecule has 0 atom stereocenters. The molecule has 3 rings (SSSR count). The first-order valence-electron chi connectivity index (χ1n) is 6.53. The maximum atomic E-state index is 5.55. The second kappa shape index (κ2) is 5.63. The Morgan fingerprint density at radius 3 is 2.63 bits per heavy atom. The van der Waals surface area contributed by atoms with E-state index in [2.05, 4.69) is 15.0 Å². The smallest absolute Gasteiger partial charge is 0.288 e. The summed E-state index contributed by atoms with van der Waals surface area (Å²) >= 11 is 5.23. The molecule has 2 aromatic heterocycles. The van der Waals surface area contributed by atoms with Crippen LogP contribution >= 0.6 is 12.2 Å². The first-order chi connectivity index (χ1) is 9.33. The molecular weight excluding hydrogens is 260 g/mol. The Hall–Kier alpha value is -1.53. The van der Waals surface area contributed by atoms with Crippen molar-refractivity contribution in [2.75, 3.05) is 13.1 Å². The normalized spacial score (nSPS) is 16.6. The highest BCUT2D eigenvalue weighted by atomic mass is 32.1. The maximum Gasteiger partial charge on any atom is 0.288 e. The van der Waals surface area contributed by atoms with E-state index in [-0.39, 0.29) is 0 Å². The van der Waals surface area contributed by atoms with Crippen molar-refractivity contribution >= 4 is 12.2 Å². The van der Waals surface area contributed by atoms with E-state index in [1.165, 1.54) is 19.3 Å². The van der Waals surface area contributed by atoms with E-state index in [4.69, 9.17) is 16.6 Å². The highest BCUT2D eigenvalue weighted by Crippen LogP contribution is 2.17. The van der Waals surface area contributed by atoms with E-state index in [0.29, 0.717) is 17.4 Å². The summed E-state index contributed by atoms with van der Waals surface area (Å²) < 4.78 is 7.31. The van der Waals surface area contributed by atoms with E-state index in [9.17, 15) is 0 Å². The van der Waals surface area contributed by atoms with Gasteiger partial charge in [-0.1, -0.05) is 6.42 Å². The molecule has 19 heavy (non-hydrogen) atoms. The minimum Gasteiger partial charge on any atom is -0.409 e. The minimum atomic E-state index is 0.428. The first kappa shape index (κ1) is 12.5. The Morgan fingerprint density at radius 1 is 1.16 bits per heavy atom. The fourth-order valence-electron chi connectivity index (χ4n) is 2.30.